The van der Waals surface area contributed by atoms with Crippen LogP contribution in [0, 0.1) is 22.5 Å². The van der Waals surface area contributed by atoms with E-state index in [4.69, 9.17) is 5.11 Å². The summed E-state index contributed by atoms with van der Waals surface area (Å²) in [6, 6.07) is 5.05. The molecular weight excluding hydrogens is 244 g/mol. The van der Waals surface area contributed by atoms with E-state index in [1.54, 1.807) is 12.1 Å². The van der Waals surface area contributed by atoms with Gasteiger partial charge < -0.3 is 10.4 Å². The molecule has 5 heteroatoms. The maximum Gasteiger partial charge on any atom is 0.292 e. The highest BCUT2D eigenvalue weighted by atomic mass is 16.6. The summed E-state index contributed by atoms with van der Waals surface area (Å²) in [7, 11) is 0. The minimum absolute atomic E-state index is 0.0135. The Bertz CT molecular complexity index is 444. The first kappa shape index (κ1) is 15.4. The van der Waals surface area contributed by atoms with Gasteiger partial charge in [-0.3, -0.25) is 10.1 Å². The van der Waals surface area contributed by atoms with E-state index in [1.807, 2.05) is 6.92 Å². The summed E-state index contributed by atoms with van der Waals surface area (Å²) in [5, 5.41) is 23.0. The van der Waals surface area contributed by atoms with Crippen LogP contribution in [0.25, 0.3) is 0 Å². The molecule has 0 radical (unpaired) electrons. The van der Waals surface area contributed by atoms with Crippen LogP contribution >= 0.6 is 0 Å². The Hall–Kier alpha value is -1.62. The summed E-state index contributed by atoms with van der Waals surface area (Å²) in [6.45, 7) is 6.88. The Labute approximate surface area is 113 Å². The molecular formula is C14H22N2O3. The van der Waals surface area contributed by atoms with E-state index in [0.29, 0.717) is 12.2 Å². The predicted molar refractivity (Wildman–Crippen MR) is 76.4 cm³/mol. The van der Waals surface area contributed by atoms with Crippen LogP contribution in [0.15, 0.2) is 18.2 Å². The van der Waals surface area contributed by atoms with Gasteiger partial charge in [0.05, 0.1) is 4.92 Å². The summed E-state index contributed by atoms with van der Waals surface area (Å²) in [6.07, 6.45) is 1.61. The molecule has 1 aromatic carbocycles. The highest BCUT2D eigenvalue weighted by molar-refractivity contribution is 5.62. The summed E-state index contributed by atoms with van der Waals surface area (Å²) in [5.41, 5.74) is 1.63. The van der Waals surface area contributed by atoms with Gasteiger partial charge in [0.25, 0.3) is 5.69 Å². The van der Waals surface area contributed by atoms with Crippen molar-refractivity contribution in [3.63, 3.8) is 0 Å². The second kappa shape index (κ2) is 6.52. The molecule has 0 saturated heterocycles. The Kier molecular flexibility index (Phi) is 5.30. The third kappa shape index (κ3) is 4.87. The number of nitrogens with one attached hydrogen (secondary N) is 1. The monoisotopic (exact) mass is 266 g/mol. The minimum atomic E-state index is -0.373. The van der Waals surface area contributed by atoms with Gasteiger partial charge >= 0.3 is 0 Å². The second-order valence-electron chi connectivity index (χ2n) is 5.62. The molecule has 0 fully saturated rings. The number of aliphatic hydroxyl groups excluding tert-OH is 1. The predicted octanol–water partition coefficient (Wildman–Crippen LogP) is 3.11. The Morgan fingerprint density at radius 1 is 1.42 bits per heavy atom. The molecule has 0 amide bonds. The van der Waals surface area contributed by atoms with Crippen molar-refractivity contribution in [2.75, 3.05) is 18.5 Å². The Morgan fingerprint density at radius 2 is 2.11 bits per heavy atom. The Morgan fingerprint density at radius 3 is 2.68 bits per heavy atom. The lowest BCUT2D eigenvalue weighted by molar-refractivity contribution is -0.384. The third-order valence-corrected chi connectivity index (χ3v) is 3.12. The van der Waals surface area contributed by atoms with Crippen LogP contribution < -0.4 is 5.32 Å². The van der Waals surface area contributed by atoms with Crippen LogP contribution in [0.3, 0.4) is 0 Å². The van der Waals surface area contributed by atoms with E-state index in [1.165, 1.54) is 6.07 Å². The number of aliphatic hydroxyl groups is 1. The molecule has 19 heavy (non-hydrogen) atoms. The fraction of sp³-hybridized carbons (Fsp3) is 0.571. The molecule has 2 N–H and O–H groups in total. The molecule has 0 bridgehead atoms. The highest BCUT2D eigenvalue weighted by Crippen LogP contribution is 2.28. The van der Waals surface area contributed by atoms with E-state index in [0.717, 1.165) is 18.4 Å². The van der Waals surface area contributed by atoms with Crippen molar-refractivity contribution in [2.45, 2.75) is 33.6 Å². The molecule has 0 aromatic heterocycles. The van der Waals surface area contributed by atoms with Crippen molar-refractivity contribution in [3.05, 3.63) is 33.9 Å². The van der Waals surface area contributed by atoms with E-state index in [9.17, 15) is 10.1 Å². The van der Waals surface area contributed by atoms with Crippen molar-refractivity contribution in [1.82, 2.24) is 0 Å². The molecule has 106 valence electrons. The maximum atomic E-state index is 11.0. The number of hydrogen-bond donors (Lipinski definition) is 2. The first-order chi connectivity index (χ1) is 8.85. The molecule has 0 aliphatic rings. The number of aryl methyl sites for hydroxylation is 1. The molecule has 1 rings (SSSR count). The number of rotatable bonds is 7. The number of nitro benzene ring substituents is 1. The molecule has 1 aromatic rings. The molecule has 0 aliphatic carbocycles. The van der Waals surface area contributed by atoms with Crippen LogP contribution in [0.4, 0.5) is 11.4 Å². The largest absolute Gasteiger partial charge is 0.396 e. The van der Waals surface area contributed by atoms with Crippen LogP contribution in [0.1, 0.15) is 32.3 Å². The van der Waals surface area contributed by atoms with Gasteiger partial charge in [-0.15, -0.1) is 0 Å². The minimum Gasteiger partial charge on any atom is -0.396 e. The van der Waals surface area contributed by atoms with E-state index >= 15 is 0 Å². The van der Waals surface area contributed by atoms with Gasteiger partial charge in [-0.1, -0.05) is 19.9 Å². The van der Waals surface area contributed by atoms with Crippen LogP contribution in [0.5, 0.6) is 0 Å². The van der Waals surface area contributed by atoms with Gasteiger partial charge in [0.1, 0.15) is 5.69 Å². The van der Waals surface area contributed by atoms with Crippen LogP contribution in [0.2, 0.25) is 0 Å². The van der Waals surface area contributed by atoms with Crippen molar-refractivity contribution in [3.8, 4) is 0 Å². The lowest BCUT2D eigenvalue weighted by atomic mass is 9.88. The highest BCUT2D eigenvalue weighted by Gasteiger charge is 2.20. The molecule has 0 aliphatic heterocycles. The number of nitro groups is 1. The van der Waals surface area contributed by atoms with E-state index < -0.39 is 0 Å². The molecule has 0 unspecified atom stereocenters. The molecule has 0 atom stereocenters. The fourth-order valence-corrected chi connectivity index (χ4v) is 1.93. The van der Waals surface area contributed by atoms with E-state index in [2.05, 4.69) is 19.2 Å². The molecule has 0 spiro atoms. The normalized spacial score (nSPS) is 11.4. The summed E-state index contributed by atoms with van der Waals surface area (Å²) in [4.78, 5) is 10.6. The van der Waals surface area contributed by atoms with Crippen molar-refractivity contribution in [2.24, 2.45) is 5.41 Å². The first-order valence-electron chi connectivity index (χ1n) is 6.45. The Balaban J connectivity index is 2.76. The lowest BCUT2D eigenvalue weighted by Crippen LogP contribution is -2.23. The van der Waals surface area contributed by atoms with Gasteiger partial charge in [-0.05, 0) is 36.8 Å². The quantitative estimate of drug-likeness (QED) is 0.587. The second-order valence-corrected chi connectivity index (χ2v) is 5.62. The summed E-state index contributed by atoms with van der Waals surface area (Å²) < 4.78 is 0. The van der Waals surface area contributed by atoms with Gasteiger partial charge in [-0.2, -0.15) is 0 Å². The number of benzene rings is 1. The summed E-state index contributed by atoms with van der Waals surface area (Å²) >= 11 is 0. The zero-order valence-corrected chi connectivity index (χ0v) is 11.8. The maximum absolute atomic E-state index is 11.0. The fourth-order valence-electron chi connectivity index (χ4n) is 1.93. The van der Waals surface area contributed by atoms with Crippen molar-refractivity contribution >= 4 is 11.4 Å². The standard InChI is InChI=1S/C14H22N2O3/c1-11-5-6-13(16(18)19)12(9-11)15-10-14(2,3)7-4-8-17/h5-6,9,15,17H,4,7-8,10H2,1-3H3. The average molecular weight is 266 g/mol. The zero-order chi connectivity index (χ0) is 14.5. The van der Waals surface area contributed by atoms with Crippen molar-refractivity contribution in [1.29, 1.82) is 0 Å². The smallest absolute Gasteiger partial charge is 0.292 e. The van der Waals surface area contributed by atoms with Crippen molar-refractivity contribution < 1.29 is 10.0 Å². The molecule has 0 heterocycles. The third-order valence-electron chi connectivity index (χ3n) is 3.12. The van der Waals surface area contributed by atoms with Gasteiger partial charge in [0, 0.05) is 19.2 Å². The van der Waals surface area contributed by atoms with Crippen LogP contribution in [-0.4, -0.2) is 23.2 Å². The van der Waals surface area contributed by atoms with Gasteiger partial charge in [-0.25, -0.2) is 0 Å². The van der Waals surface area contributed by atoms with Crippen LogP contribution in [-0.2, 0) is 0 Å². The molecule has 0 saturated carbocycles. The van der Waals surface area contributed by atoms with E-state index in [-0.39, 0.29) is 22.6 Å². The number of anilines is 1. The first-order valence-corrected chi connectivity index (χ1v) is 6.45. The molecule has 5 nitrogen and oxygen atoms in total. The number of hydrogen-bond acceptors (Lipinski definition) is 4. The average Bonchev–Trinajstić information content (AvgIpc) is 2.34. The SMILES string of the molecule is Cc1ccc([N+](=O)[O-])c(NCC(C)(C)CCCO)c1. The summed E-state index contributed by atoms with van der Waals surface area (Å²) in [5.74, 6) is 0. The van der Waals surface area contributed by atoms with Gasteiger partial charge in [0.15, 0.2) is 0 Å². The van der Waals surface area contributed by atoms with Gasteiger partial charge in [0.2, 0.25) is 0 Å². The number of nitrogens with zero attached hydrogens (tertiary/aromatic N) is 1. The lowest BCUT2D eigenvalue weighted by Gasteiger charge is -2.25. The zero-order valence-electron chi connectivity index (χ0n) is 11.8. The topological polar surface area (TPSA) is 75.4 Å².